The van der Waals surface area contributed by atoms with E-state index < -0.39 is 0 Å². The second-order valence-corrected chi connectivity index (χ2v) is 1.89. The second kappa shape index (κ2) is 7.16. The van der Waals surface area contributed by atoms with Gasteiger partial charge in [-0.3, -0.25) is 4.98 Å². The number of halogens is 2. The lowest BCUT2D eigenvalue weighted by atomic mass is 10.2. The molecule has 12 heavy (non-hydrogen) atoms. The van der Waals surface area contributed by atoms with Crippen LogP contribution in [0.25, 0.3) is 0 Å². The molecule has 0 fully saturated rings. The van der Waals surface area contributed by atoms with Crippen LogP contribution < -0.4 is 10.5 Å². The first-order chi connectivity index (χ1) is 4.88. The van der Waals surface area contributed by atoms with E-state index in [1.165, 1.54) is 0 Å². The van der Waals surface area contributed by atoms with Crippen molar-refractivity contribution < 1.29 is 4.74 Å². The number of rotatable bonds is 2. The van der Waals surface area contributed by atoms with Crippen LogP contribution in [-0.2, 0) is 6.54 Å². The monoisotopic (exact) mass is 210 g/mol. The van der Waals surface area contributed by atoms with Gasteiger partial charge in [-0.15, -0.1) is 24.8 Å². The zero-order valence-corrected chi connectivity index (χ0v) is 8.32. The maximum atomic E-state index is 5.42. The number of ether oxygens (including phenoxy) is 1. The Morgan fingerprint density at radius 3 is 2.58 bits per heavy atom. The maximum absolute atomic E-state index is 5.42. The van der Waals surface area contributed by atoms with Gasteiger partial charge in [-0.05, 0) is 6.07 Å². The predicted molar refractivity (Wildman–Crippen MR) is 53.2 cm³/mol. The van der Waals surface area contributed by atoms with E-state index >= 15 is 0 Å². The average molecular weight is 211 g/mol. The lowest BCUT2D eigenvalue weighted by molar-refractivity contribution is 0.408. The molecule has 70 valence electrons. The first kappa shape index (κ1) is 14.0. The lowest BCUT2D eigenvalue weighted by Gasteiger charge is -2.02. The van der Waals surface area contributed by atoms with Gasteiger partial charge in [-0.25, -0.2) is 0 Å². The number of aromatic nitrogens is 1. The molecule has 2 N–H and O–H groups in total. The normalized spacial score (nSPS) is 7.83. The van der Waals surface area contributed by atoms with Crippen molar-refractivity contribution in [2.75, 3.05) is 7.11 Å². The summed E-state index contributed by atoms with van der Waals surface area (Å²) in [4.78, 5) is 3.88. The first-order valence-corrected chi connectivity index (χ1v) is 3.05. The van der Waals surface area contributed by atoms with E-state index in [9.17, 15) is 0 Å². The Hall–Kier alpha value is -0.510. The zero-order chi connectivity index (χ0) is 7.40. The topological polar surface area (TPSA) is 48.1 Å². The molecule has 1 aromatic heterocycles. The Morgan fingerprint density at radius 1 is 1.50 bits per heavy atom. The Labute approximate surface area is 84.1 Å². The summed E-state index contributed by atoms with van der Waals surface area (Å²) in [5, 5.41) is 0. The van der Waals surface area contributed by atoms with Gasteiger partial charge < -0.3 is 10.5 Å². The molecule has 0 aromatic carbocycles. The Kier molecular flexibility index (Phi) is 8.37. The molecule has 0 spiro atoms. The molecule has 0 amide bonds. The quantitative estimate of drug-likeness (QED) is 0.804. The van der Waals surface area contributed by atoms with Crippen LogP contribution in [0.2, 0.25) is 0 Å². The zero-order valence-electron chi connectivity index (χ0n) is 6.69. The number of pyridine rings is 1. The minimum Gasteiger partial charge on any atom is -0.495 e. The number of methoxy groups -OCH3 is 1. The van der Waals surface area contributed by atoms with Crippen LogP contribution in [0.15, 0.2) is 18.5 Å². The maximum Gasteiger partial charge on any atom is 0.141 e. The van der Waals surface area contributed by atoms with Crippen LogP contribution in [0.5, 0.6) is 5.75 Å². The highest BCUT2D eigenvalue weighted by Gasteiger charge is 1.96. The van der Waals surface area contributed by atoms with Gasteiger partial charge in [0, 0.05) is 18.3 Å². The number of nitrogens with zero attached hydrogens (tertiary/aromatic N) is 1. The Bertz CT molecular complexity index is 197. The fourth-order valence-corrected chi connectivity index (χ4v) is 0.761. The van der Waals surface area contributed by atoms with Gasteiger partial charge in [0.15, 0.2) is 0 Å². The van der Waals surface area contributed by atoms with E-state index in [4.69, 9.17) is 10.5 Å². The number of hydrogen-bond acceptors (Lipinski definition) is 3. The molecule has 0 aliphatic rings. The average Bonchev–Trinajstić information content (AvgIpc) is 2.04. The van der Waals surface area contributed by atoms with E-state index in [2.05, 4.69) is 4.98 Å². The number of nitrogens with two attached hydrogens (primary N) is 1. The summed E-state index contributed by atoms with van der Waals surface area (Å²) in [6.45, 7) is 0.492. The van der Waals surface area contributed by atoms with Gasteiger partial charge in [-0.1, -0.05) is 0 Å². The van der Waals surface area contributed by atoms with Crippen LogP contribution >= 0.6 is 24.8 Å². The van der Waals surface area contributed by atoms with Gasteiger partial charge >= 0.3 is 0 Å². The third-order valence-electron chi connectivity index (χ3n) is 1.31. The van der Waals surface area contributed by atoms with Crippen molar-refractivity contribution in [3.63, 3.8) is 0 Å². The first-order valence-electron chi connectivity index (χ1n) is 3.05. The van der Waals surface area contributed by atoms with Crippen molar-refractivity contribution in [1.82, 2.24) is 4.98 Å². The third kappa shape index (κ3) is 3.26. The molecule has 1 aromatic rings. The molecule has 0 atom stereocenters. The molecule has 0 saturated carbocycles. The second-order valence-electron chi connectivity index (χ2n) is 1.89. The van der Waals surface area contributed by atoms with Crippen molar-refractivity contribution in [3.05, 3.63) is 24.0 Å². The summed E-state index contributed by atoms with van der Waals surface area (Å²) in [6, 6.07) is 1.85. The van der Waals surface area contributed by atoms with Gasteiger partial charge in [0.05, 0.1) is 13.3 Å². The molecule has 5 heteroatoms. The highest BCUT2D eigenvalue weighted by molar-refractivity contribution is 5.85. The van der Waals surface area contributed by atoms with Crippen LogP contribution in [0.3, 0.4) is 0 Å². The SMILES string of the molecule is COc1cnccc1CN.Cl.Cl. The fourth-order valence-electron chi connectivity index (χ4n) is 0.761. The summed E-state index contributed by atoms with van der Waals surface area (Å²) in [5.41, 5.74) is 6.40. The van der Waals surface area contributed by atoms with Crippen molar-refractivity contribution in [1.29, 1.82) is 0 Å². The molecule has 0 saturated heterocycles. The molecule has 0 unspecified atom stereocenters. The van der Waals surface area contributed by atoms with Gasteiger partial charge in [-0.2, -0.15) is 0 Å². The van der Waals surface area contributed by atoms with Crippen LogP contribution in [0, 0.1) is 0 Å². The Morgan fingerprint density at radius 2 is 2.17 bits per heavy atom. The highest BCUT2D eigenvalue weighted by atomic mass is 35.5. The molecule has 3 nitrogen and oxygen atoms in total. The van der Waals surface area contributed by atoms with Gasteiger partial charge in [0.25, 0.3) is 0 Å². The molecule has 1 rings (SSSR count). The summed E-state index contributed by atoms with van der Waals surface area (Å²) < 4.78 is 4.99. The van der Waals surface area contributed by atoms with Crippen molar-refractivity contribution in [2.24, 2.45) is 5.73 Å². The standard InChI is InChI=1S/C7H10N2O.2ClH/c1-10-7-5-9-3-2-6(7)4-8;;/h2-3,5H,4,8H2,1H3;2*1H. The van der Waals surface area contributed by atoms with Crippen LogP contribution in [0.1, 0.15) is 5.56 Å². The van der Waals surface area contributed by atoms with Crippen LogP contribution in [0.4, 0.5) is 0 Å². The highest BCUT2D eigenvalue weighted by Crippen LogP contribution is 2.13. The van der Waals surface area contributed by atoms with E-state index in [1.54, 1.807) is 19.5 Å². The summed E-state index contributed by atoms with van der Waals surface area (Å²) in [6.07, 6.45) is 3.35. The van der Waals surface area contributed by atoms with E-state index in [-0.39, 0.29) is 24.8 Å². The van der Waals surface area contributed by atoms with Gasteiger partial charge in [0.1, 0.15) is 5.75 Å². The number of hydrogen-bond donors (Lipinski definition) is 1. The molecule has 1 heterocycles. The van der Waals surface area contributed by atoms with Crippen molar-refractivity contribution >= 4 is 24.8 Å². The fraction of sp³-hybridized carbons (Fsp3) is 0.286. The van der Waals surface area contributed by atoms with Crippen molar-refractivity contribution in [2.45, 2.75) is 6.54 Å². The molecule has 0 bridgehead atoms. The smallest absolute Gasteiger partial charge is 0.141 e. The summed E-state index contributed by atoms with van der Waals surface area (Å²) >= 11 is 0. The predicted octanol–water partition coefficient (Wildman–Crippen LogP) is 1.39. The van der Waals surface area contributed by atoms with E-state index in [1.807, 2.05) is 6.07 Å². The van der Waals surface area contributed by atoms with Gasteiger partial charge in [0.2, 0.25) is 0 Å². The molecule has 0 radical (unpaired) electrons. The lowest BCUT2D eigenvalue weighted by Crippen LogP contribution is -1.99. The third-order valence-corrected chi connectivity index (χ3v) is 1.31. The minimum absolute atomic E-state index is 0. The Balaban J connectivity index is 0. The van der Waals surface area contributed by atoms with E-state index in [0.717, 1.165) is 11.3 Å². The minimum atomic E-state index is 0. The molecular weight excluding hydrogens is 199 g/mol. The summed E-state index contributed by atoms with van der Waals surface area (Å²) in [7, 11) is 1.61. The summed E-state index contributed by atoms with van der Waals surface area (Å²) in [5.74, 6) is 0.755. The van der Waals surface area contributed by atoms with Crippen molar-refractivity contribution in [3.8, 4) is 5.75 Å². The largest absolute Gasteiger partial charge is 0.495 e. The molecule has 0 aliphatic heterocycles. The van der Waals surface area contributed by atoms with Crippen LogP contribution in [-0.4, -0.2) is 12.1 Å². The molecular formula is C7H12Cl2N2O. The van der Waals surface area contributed by atoms with E-state index in [0.29, 0.717) is 6.54 Å². The molecule has 0 aliphatic carbocycles.